The van der Waals surface area contributed by atoms with Crippen molar-refractivity contribution >= 4 is 33.9 Å². The van der Waals surface area contributed by atoms with Crippen molar-refractivity contribution in [3.63, 3.8) is 0 Å². The van der Waals surface area contributed by atoms with Crippen LogP contribution in [0.1, 0.15) is 47.4 Å². The number of pyridine rings is 1. The Morgan fingerprint density at radius 2 is 1.95 bits per heavy atom. The van der Waals surface area contributed by atoms with E-state index in [-0.39, 0.29) is 27.6 Å². The van der Waals surface area contributed by atoms with Crippen molar-refractivity contribution < 1.29 is 14.3 Å². The maximum Gasteiger partial charge on any atom is 0.340 e. The molecule has 1 unspecified atom stereocenters. The van der Waals surface area contributed by atoms with E-state index in [1.54, 1.807) is 51.1 Å². The summed E-state index contributed by atoms with van der Waals surface area (Å²) in [5.74, 6) is -1.44. The number of H-pyrrole nitrogens is 1. The fourth-order valence-electron chi connectivity index (χ4n) is 6.18. The van der Waals surface area contributed by atoms with E-state index in [2.05, 4.69) is 4.98 Å². The van der Waals surface area contributed by atoms with Crippen molar-refractivity contribution in [1.29, 1.82) is 0 Å². The number of rotatable bonds is 4. The average molecular weight is 575 g/mol. The maximum atomic E-state index is 16.1. The smallest absolute Gasteiger partial charge is 0.340 e. The first-order valence-electron chi connectivity index (χ1n) is 13.3. The van der Waals surface area contributed by atoms with Gasteiger partial charge in [0, 0.05) is 28.9 Å². The molecule has 2 aromatic carbocycles. The van der Waals surface area contributed by atoms with Gasteiger partial charge >= 0.3 is 5.69 Å². The number of aryl methyl sites for hydroxylation is 1. The second-order valence-electron chi connectivity index (χ2n) is 11.2. The van der Waals surface area contributed by atoms with Crippen LogP contribution >= 0.6 is 11.6 Å². The molecular weight excluding hydrogens is 547 g/mol. The molecule has 0 spiro atoms. The Morgan fingerprint density at radius 1 is 1.20 bits per heavy atom. The Hall–Kier alpha value is -4.21. The summed E-state index contributed by atoms with van der Waals surface area (Å²) in [5, 5.41) is 11.5. The van der Waals surface area contributed by atoms with Crippen LogP contribution in [0.3, 0.4) is 0 Å². The quantitative estimate of drug-likeness (QED) is 0.288. The largest absolute Gasteiger partial charge is 0.390 e. The van der Waals surface area contributed by atoms with Gasteiger partial charge < -0.3 is 15.8 Å². The van der Waals surface area contributed by atoms with Gasteiger partial charge in [-0.2, -0.15) is 0 Å². The first-order valence-corrected chi connectivity index (χ1v) is 13.7. The number of aromatic amines is 1. The van der Waals surface area contributed by atoms with E-state index in [9.17, 15) is 19.5 Å². The molecular formula is C31H28ClFN4O4. The SMILES string of the molecule is Cc1c(-c2c(F)cc(C(N)=O)c3[nH]c4c(c23)CCC(C(C)(C)O)C4)cccc1-n1c(=O)cc2c(Cl)cccn2c1=O. The highest BCUT2D eigenvalue weighted by atomic mass is 35.5. The van der Waals surface area contributed by atoms with Crippen LogP contribution in [-0.2, 0) is 12.8 Å². The maximum absolute atomic E-state index is 16.1. The van der Waals surface area contributed by atoms with E-state index in [0.717, 1.165) is 21.9 Å². The van der Waals surface area contributed by atoms with E-state index in [4.69, 9.17) is 17.3 Å². The van der Waals surface area contributed by atoms with E-state index in [1.165, 1.54) is 16.7 Å². The van der Waals surface area contributed by atoms with Gasteiger partial charge in [0.25, 0.3) is 11.5 Å². The van der Waals surface area contributed by atoms with Gasteiger partial charge in [0.15, 0.2) is 0 Å². The zero-order chi connectivity index (χ0) is 29.4. The van der Waals surface area contributed by atoms with Crippen LogP contribution in [-0.4, -0.2) is 30.6 Å². The van der Waals surface area contributed by atoms with Gasteiger partial charge in [0.2, 0.25) is 0 Å². The molecule has 1 atom stereocenters. The summed E-state index contributed by atoms with van der Waals surface area (Å²) < 4.78 is 18.4. The molecule has 4 N–H and O–H groups in total. The third-order valence-electron chi connectivity index (χ3n) is 8.35. The standard InChI is InChI=1S/C31H28ClFN4O4/c1-15-17(6-4-8-23(15)37-25(38)14-24-20(32)7-5-11-36(24)30(37)40)26-21(33)13-19(29(34)39)28-27(26)18-10-9-16(31(2,3)41)12-22(18)35-28/h4-8,11,13-14,16,35,41H,9-10,12H2,1-3H3,(H2,34,39). The second kappa shape index (κ2) is 9.43. The van der Waals surface area contributed by atoms with Crippen molar-refractivity contribution in [2.24, 2.45) is 11.7 Å². The minimum absolute atomic E-state index is 0.0280. The monoisotopic (exact) mass is 574 g/mol. The molecule has 5 aromatic rings. The predicted octanol–water partition coefficient (Wildman–Crippen LogP) is 4.67. The van der Waals surface area contributed by atoms with Gasteiger partial charge in [-0.25, -0.2) is 13.8 Å². The van der Waals surface area contributed by atoms with Gasteiger partial charge in [-0.15, -0.1) is 0 Å². The highest BCUT2D eigenvalue weighted by Gasteiger charge is 2.34. The number of benzene rings is 2. The molecule has 3 heterocycles. The highest BCUT2D eigenvalue weighted by Crippen LogP contribution is 2.43. The van der Waals surface area contributed by atoms with Crippen molar-refractivity contribution in [3.05, 3.63) is 103 Å². The van der Waals surface area contributed by atoms with E-state index >= 15 is 4.39 Å². The zero-order valence-electron chi connectivity index (χ0n) is 22.7. The van der Waals surface area contributed by atoms with Crippen LogP contribution < -0.4 is 17.0 Å². The molecule has 1 aliphatic carbocycles. The van der Waals surface area contributed by atoms with Crippen molar-refractivity contribution in [3.8, 4) is 16.8 Å². The molecule has 41 heavy (non-hydrogen) atoms. The lowest BCUT2D eigenvalue weighted by Gasteiger charge is -2.32. The lowest BCUT2D eigenvalue weighted by molar-refractivity contribution is 0.0107. The molecule has 0 fully saturated rings. The number of nitrogens with zero attached hydrogens (tertiary/aromatic N) is 2. The van der Waals surface area contributed by atoms with Crippen LogP contribution in [0.15, 0.2) is 58.3 Å². The van der Waals surface area contributed by atoms with Gasteiger partial charge in [-0.1, -0.05) is 23.7 Å². The molecule has 6 rings (SSSR count). The molecule has 0 saturated heterocycles. The number of fused-ring (bicyclic) bond motifs is 4. The lowest BCUT2D eigenvalue weighted by atomic mass is 9.77. The molecule has 1 aliphatic rings. The summed E-state index contributed by atoms with van der Waals surface area (Å²) in [5.41, 5.74) is 7.51. The molecule has 1 amide bonds. The van der Waals surface area contributed by atoms with Gasteiger partial charge in [0.1, 0.15) is 5.82 Å². The third kappa shape index (κ3) is 4.19. The second-order valence-corrected chi connectivity index (χ2v) is 11.6. The van der Waals surface area contributed by atoms with Crippen molar-refractivity contribution in [2.75, 3.05) is 0 Å². The molecule has 0 bridgehead atoms. The Morgan fingerprint density at radius 3 is 2.66 bits per heavy atom. The molecule has 10 heteroatoms. The normalized spacial score (nSPS) is 15.4. The number of aromatic nitrogens is 3. The molecule has 210 valence electrons. The number of hydrogen-bond donors (Lipinski definition) is 3. The van der Waals surface area contributed by atoms with Crippen LogP contribution in [0.4, 0.5) is 4.39 Å². The van der Waals surface area contributed by atoms with Gasteiger partial charge in [-0.3, -0.25) is 14.0 Å². The number of aliphatic hydroxyl groups is 1. The summed E-state index contributed by atoms with van der Waals surface area (Å²) in [7, 11) is 0. The van der Waals surface area contributed by atoms with Crippen LogP contribution in [0, 0.1) is 18.7 Å². The van der Waals surface area contributed by atoms with Crippen molar-refractivity contribution in [1.82, 2.24) is 14.0 Å². The van der Waals surface area contributed by atoms with Crippen molar-refractivity contribution in [2.45, 2.75) is 45.6 Å². The summed E-state index contributed by atoms with van der Waals surface area (Å²) >= 11 is 6.23. The first kappa shape index (κ1) is 27.0. The Balaban J connectivity index is 1.63. The minimum Gasteiger partial charge on any atom is -0.390 e. The predicted molar refractivity (Wildman–Crippen MR) is 157 cm³/mol. The average Bonchev–Trinajstić information content (AvgIpc) is 3.28. The molecule has 0 radical (unpaired) electrons. The summed E-state index contributed by atoms with van der Waals surface area (Å²) in [6.45, 7) is 5.26. The fraction of sp³-hybridized carbons (Fsp3) is 0.258. The van der Waals surface area contributed by atoms with E-state index in [1.807, 2.05) is 0 Å². The molecule has 0 saturated carbocycles. The number of nitrogens with one attached hydrogen (secondary N) is 1. The number of nitrogens with two attached hydrogens (primary N) is 1. The summed E-state index contributed by atoms with van der Waals surface area (Å²) in [4.78, 5) is 42.4. The van der Waals surface area contributed by atoms with Crippen LogP contribution in [0.25, 0.3) is 33.2 Å². The summed E-state index contributed by atoms with van der Waals surface area (Å²) in [6, 6.07) is 10.6. The number of carbonyl (C=O) groups excluding carboxylic acids is 1. The Bertz CT molecular complexity index is 2030. The van der Waals surface area contributed by atoms with Crippen LogP contribution in [0.2, 0.25) is 5.02 Å². The van der Waals surface area contributed by atoms with Gasteiger partial charge in [0.05, 0.1) is 32.9 Å². The van der Waals surface area contributed by atoms with Gasteiger partial charge in [-0.05, 0) is 86.9 Å². The molecule has 8 nitrogen and oxygen atoms in total. The van der Waals surface area contributed by atoms with E-state index < -0.39 is 28.6 Å². The third-order valence-corrected chi connectivity index (χ3v) is 8.67. The highest BCUT2D eigenvalue weighted by molar-refractivity contribution is 6.33. The summed E-state index contributed by atoms with van der Waals surface area (Å²) in [6.07, 6.45) is 3.29. The number of halogens is 2. The molecule has 3 aromatic heterocycles. The minimum atomic E-state index is -0.911. The number of carbonyl (C=O) groups is 1. The topological polar surface area (TPSA) is 123 Å². The Labute approximate surface area is 238 Å². The van der Waals surface area contributed by atoms with Crippen LogP contribution in [0.5, 0.6) is 0 Å². The zero-order valence-corrected chi connectivity index (χ0v) is 23.5. The Kier molecular flexibility index (Phi) is 6.20. The molecule has 0 aliphatic heterocycles. The lowest BCUT2D eigenvalue weighted by Crippen LogP contribution is -2.36. The number of primary amides is 1. The first-order chi connectivity index (χ1) is 19.4. The fourth-order valence-corrected chi connectivity index (χ4v) is 6.40. The number of amides is 1. The van der Waals surface area contributed by atoms with E-state index in [0.29, 0.717) is 47.0 Å². The number of hydrogen-bond acceptors (Lipinski definition) is 4.